The molecule has 0 saturated carbocycles. The molecule has 0 aromatic heterocycles. The van der Waals surface area contributed by atoms with Gasteiger partial charge in [0.15, 0.2) is 0 Å². The minimum atomic E-state index is 0.147. The topological polar surface area (TPSA) is 12.0 Å². The minimum Gasteiger partial charge on any atom is -0.380 e. The van der Waals surface area contributed by atoms with Crippen LogP contribution in [-0.4, -0.2) is 5.54 Å². The third-order valence-electron chi connectivity index (χ3n) is 3.23. The standard InChI is InChI=1S/C13H17BrClN/c1-7-5-9(14)11(15)10-8(2)6-13(3,4)16-12(7)10/h5,8,16H,6H2,1-4H3. The molecule has 88 valence electrons. The first-order valence-electron chi connectivity index (χ1n) is 5.58. The Morgan fingerprint density at radius 2 is 2.12 bits per heavy atom. The molecule has 2 rings (SSSR count). The van der Waals surface area contributed by atoms with Gasteiger partial charge in [-0.1, -0.05) is 18.5 Å². The van der Waals surface area contributed by atoms with Crippen LogP contribution in [0.3, 0.4) is 0 Å². The van der Waals surface area contributed by atoms with E-state index in [1.54, 1.807) is 0 Å². The highest BCUT2D eigenvalue weighted by atomic mass is 79.9. The molecular weight excluding hydrogens is 286 g/mol. The predicted octanol–water partition coefficient (Wildman–Crippen LogP) is 5.11. The molecule has 16 heavy (non-hydrogen) atoms. The van der Waals surface area contributed by atoms with Gasteiger partial charge in [-0.05, 0) is 66.2 Å². The van der Waals surface area contributed by atoms with Crippen molar-refractivity contribution in [2.75, 3.05) is 5.32 Å². The number of benzene rings is 1. The Labute approximate surface area is 111 Å². The molecule has 1 N–H and O–H groups in total. The molecule has 1 aliphatic rings. The molecule has 0 fully saturated rings. The van der Waals surface area contributed by atoms with Crippen LogP contribution in [0.15, 0.2) is 10.5 Å². The van der Waals surface area contributed by atoms with Gasteiger partial charge in [-0.3, -0.25) is 0 Å². The van der Waals surface area contributed by atoms with Gasteiger partial charge in [-0.2, -0.15) is 0 Å². The van der Waals surface area contributed by atoms with Crippen LogP contribution in [0, 0.1) is 6.92 Å². The summed E-state index contributed by atoms with van der Waals surface area (Å²) in [6, 6.07) is 2.09. The molecule has 0 amide bonds. The first-order valence-corrected chi connectivity index (χ1v) is 6.75. The zero-order valence-electron chi connectivity index (χ0n) is 10.1. The number of anilines is 1. The van der Waals surface area contributed by atoms with Crippen LogP contribution in [0.1, 0.15) is 44.2 Å². The van der Waals surface area contributed by atoms with Crippen molar-refractivity contribution in [3.63, 3.8) is 0 Å². The highest BCUT2D eigenvalue weighted by Gasteiger charge is 2.32. The summed E-state index contributed by atoms with van der Waals surface area (Å²) in [5.74, 6) is 0.495. The average Bonchev–Trinajstić information content (AvgIpc) is 2.12. The smallest absolute Gasteiger partial charge is 0.0603 e. The van der Waals surface area contributed by atoms with E-state index < -0.39 is 0 Å². The van der Waals surface area contributed by atoms with E-state index in [1.807, 2.05) is 0 Å². The summed E-state index contributed by atoms with van der Waals surface area (Å²) >= 11 is 9.91. The van der Waals surface area contributed by atoms with Crippen molar-refractivity contribution in [3.05, 3.63) is 26.7 Å². The third kappa shape index (κ3) is 1.98. The first-order chi connectivity index (χ1) is 7.32. The predicted molar refractivity (Wildman–Crippen MR) is 74.6 cm³/mol. The molecule has 3 heteroatoms. The highest BCUT2D eigenvalue weighted by Crippen LogP contribution is 2.46. The van der Waals surface area contributed by atoms with Gasteiger partial charge >= 0.3 is 0 Å². The Bertz CT molecular complexity index is 440. The van der Waals surface area contributed by atoms with E-state index in [0.717, 1.165) is 15.9 Å². The molecule has 0 aliphatic carbocycles. The van der Waals surface area contributed by atoms with E-state index in [2.05, 4.69) is 55.0 Å². The summed E-state index contributed by atoms with van der Waals surface area (Å²) in [4.78, 5) is 0. The number of fused-ring (bicyclic) bond motifs is 1. The van der Waals surface area contributed by atoms with Crippen LogP contribution in [0.2, 0.25) is 5.02 Å². The molecule has 1 aliphatic heterocycles. The number of halogens is 2. The Balaban J connectivity index is 2.64. The lowest BCUT2D eigenvalue weighted by molar-refractivity contribution is 0.453. The average molecular weight is 303 g/mol. The Morgan fingerprint density at radius 1 is 1.50 bits per heavy atom. The van der Waals surface area contributed by atoms with Crippen LogP contribution < -0.4 is 5.32 Å². The van der Waals surface area contributed by atoms with Gasteiger partial charge in [0.2, 0.25) is 0 Å². The van der Waals surface area contributed by atoms with Crippen LogP contribution in [0.5, 0.6) is 0 Å². The summed E-state index contributed by atoms with van der Waals surface area (Å²) in [5.41, 5.74) is 3.88. The molecule has 1 nitrogen and oxygen atoms in total. The Morgan fingerprint density at radius 3 is 2.75 bits per heavy atom. The summed E-state index contributed by atoms with van der Waals surface area (Å²) in [7, 11) is 0. The van der Waals surface area contributed by atoms with Gasteiger partial charge in [0, 0.05) is 15.7 Å². The van der Waals surface area contributed by atoms with Crippen molar-refractivity contribution in [1.29, 1.82) is 0 Å². The maximum Gasteiger partial charge on any atom is 0.0603 e. The molecular formula is C13H17BrClN. The summed E-state index contributed by atoms with van der Waals surface area (Å²) < 4.78 is 0.999. The zero-order chi connectivity index (χ0) is 12.1. The highest BCUT2D eigenvalue weighted by molar-refractivity contribution is 9.10. The van der Waals surface area contributed by atoms with Gasteiger partial charge in [0.25, 0.3) is 0 Å². The number of hydrogen-bond acceptors (Lipinski definition) is 1. The fourth-order valence-electron chi connectivity index (χ4n) is 2.66. The number of hydrogen-bond donors (Lipinski definition) is 1. The van der Waals surface area contributed by atoms with Gasteiger partial charge in [-0.25, -0.2) is 0 Å². The molecule has 1 heterocycles. The molecule has 1 aromatic carbocycles. The second-order valence-corrected chi connectivity index (χ2v) is 6.62. The van der Waals surface area contributed by atoms with Crippen molar-refractivity contribution in [2.45, 2.75) is 45.6 Å². The molecule has 0 bridgehead atoms. The van der Waals surface area contributed by atoms with Crippen LogP contribution in [0.4, 0.5) is 5.69 Å². The number of aryl methyl sites for hydroxylation is 1. The Hall–Kier alpha value is -0.210. The third-order valence-corrected chi connectivity index (χ3v) is 4.49. The largest absolute Gasteiger partial charge is 0.380 e. The monoisotopic (exact) mass is 301 g/mol. The number of nitrogens with one attached hydrogen (secondary N) is 1. The number of rotatable bonds is 0. The minimum absolute atomic E-state index is 0.147. The van der Waals surface area contributed by atoms with Gasteiger partial charge < -0.3 is 5.32 Å². The summed E-state index contributed by atoms with van der Waals surface area (Å²) in [5, 5.41) is 4.46. The Kier molecular flexibility index (Phi) is 3.00. The van der Waals surface area contributed by atoms with Crippen molar-refractivity contribution in [2.24, 2.45) is 0 Å². The van der Waals surface area contributed by atoms with E-state index in [-0.39, 0.29) is 5.54 Å². The van der Waals surface area contributed by atoms with Crippen LogP contribution in [-0.2, 0) is 0 Å². The second kappa shape index (κ2) is 3.92. The molecule has 0 saturated heterocycles. The van der Waals surface area contributed by atoms with Crippen LogP contribution >= 0.6 is 27.5 Å². The van der Waals surface area contributed by atoms with Crippen molar-refractivity contribution in [3.8, 4) is 0 Å². The molecule has 0 spiro atoms. The van der Waals surface area contributed by atoms with Gasteiger partial charge in [-0.15, -0.1) is 0 Å². The quantitative estimate of drug-likeness (QED) is 0.702. The molecule has 0 radical (unpaired) electrons. The molecule has 1 atom stereocenters. The maximum absolute atomic E-state index is 6.38. The van der Waals surface area contributed by atoms with E-state index in [9.17, 15) is 0 Å². The second-order valence-electron chi connectivity index (χ2n) is 5.39. The SMILES string of the molecule is Cc1cc(Br)c(Cl)c2c1NC(C)(C)CC2C. The summed E-state index contributed by atoms with van der Waals surface area (Å²) in [6.07, 6.45) is 1.11. The molecule has 1 aromatic rings. The maximum atomic E-state index is 6.38. The van der Waals surface area contributed by atoms with E-state index in [1.165, 1.54) is 16.8 Å². The van der Waals surface area contributed by atoms with Crippen molar-refractivity contribution < 1.29 is 0 Å². The van der Waals surface area contributed by atoms with Gasteiger partial charge in [0.05, 0.1) is 5.02 Å². The fourth-order valence-corrected chi connectivity index (χ4v) is 3.55. The van der Waals surface area contributed by atoms with E-state index in [0.29, 0.717) is 5.92 Å². The normalized spacial score (nSPS) is 22.5. The summed E-state index contributed by atoms with van der Waals surface area (Å²) in [6.45, 7) is 8.85. The lowest BCUT2D eigenvalue weighted by Gasteiger charge is -2.39. The van der Waals surface area contributed by atoms with Gasteiger partial charge in [0.1, 0.15) is 0 Å². The lowest BCUT2D eigenvalue weighted by atomic mass is 9.81. The lowest BCUT2D eigenvalue weighted by Crippen LogP contribution is -2.37. The van der Waals surface area contributed by atoms with Crippen molar-refractivity contribution >= 4 is 33.2 Å². The van der Waals surface area contributed by atoms with Crippen LogP contribution in [0.25, 0.3) is 0 Å². The van der Waals surface area contributed by atoms with Crippen molar-refractivity contribution in [1.82, 2.24) is 0 Å². The zero-order valence-corrected chi connectivity index (χ0v) is 12.5. The first kappa shape index (κ1) is 12.3. The van der Waals surface area contributed by atoms with E-state index >= 15 is 0 Å². The van der Waals surface area contributed by atoms with E-state index in [4.69, 9.17) is 11.6 Å². The fraction of sp³-hybridized carbons (Fsp3) is 0.538. The molecule has 1 unspecified atom stereocenters.